The van der Waals surface area contributed by atoms with Crippen molar-refractivity contribution < 1.29 is 49.3 Å². The van der Waals surface area contributed by atoms with Crippen molar-refractivity contribution in [3.63, 3.8) is 0 Å². The molecule has 2 heterocycles. The third-order valence-corrected chi connectivity index (χ3v) is 6.83. The van der Waals surface area contributed by atoms with Crippen LogP contribution >= 0.6 is 0 Å². The molecule has 0 aromatic rings. The summed E-state index contributed by atoms with van der Waals surface area (Å²) in [5.74, 6) is -0.627. The number of ether oxygens (including phenoxy) is 3. The third kappa shape index (κ3) is 8.46. The molecular formula is C27H44O10. The molecule has 2 unspecified atom stereocenters. The Balaban J connectivity index is 0.000000525. The van der Waals surface area contributed by atoms with Gasteiger partial charge in [0.2, 0.25) is 6.29 Å². The van der Waals surface area contributed by atoms with E-state index < -0.39 is 55.5 Å². The molecule has 2 rings (SSSR count). The molecule has 10 heteroatoms. The van der Waals surface area contributed by atoms with Crippen LogP contribution in [0.1, 0.15) is 54.9 Å². The van der Waals surface area contributed by atoms with Gasteiger partial charge >= 0.3 is 5.97 Å². The van der Waals surface area contributed by atoms with Gasteiger partial charge in [-0.3, -0.25) is 0 Å². The van der Waals surface area contributed by atoms with Gasteiger partial charge in [0.05, 0.1) is 18.4 Å². The van der Waals surface area contributed by atoms with E-state index in [-0.39, 0.29) is 11.5 Å². The Labute approximate surface area is 219 Å². The van der Waals surface area contributed by atoms with Crippen molar-refractivity contribution in [2.45, 2.75) is 91.9 Å². The van der Waals surface area contributed by atoms with Crippen molar-refractivity contribution in [2.24, 2.45) is 23.7 Å². The number of rotatable bonds is 9. The number of aliphatic hydroxyl groups is 4. The zero-order valence-corrected chi connectivity index (χ0v) is 22.8. The van der Waals surface area contributed by atoms with E-state index in [1.165, 1.54) is 5.57 Å². The van der Waals surface area contributed by atoms with E-state index in [0.29, 0.717) is 23.8 Å². The van der Waals surface area contributed by atoms with Crippen molar-refractivity contribution in [1.82, 2.24) is 0 Å². The van der Waals surface area contributed by atoms with Crippen LogP contribution in [0.3, 0.4) is 0 Å². The largest absolute Gasteiger partial charge is 0.478 e. The maximum absolute atomic E-state index is 11.5. The van der Waals surface area contributed by atoms with Crippen molar-refractivity contribution in [3.8, 4) is 0 Å². The molecule has 37 heavy (non-hydrogen) atoms. The highest BCUT2D eigenvalue weighted by Crippen LogP contribution is 2.37. The van der Waals surface area contributed by atoms with Gasteiger partial charge in [0.15, 0.2) is 6.29 Å². The van der Waals surface area contributed by atoms with Crippen LogP contribution in [0.4, 0.5) is 0 Å². The Morgan fingerprint density at radius 2 is 1.73 bits per heavy atom. The van der Waals surface area contributed by atoms with Gasteiger partial charge in [-0.2, -0.15) is 0 Å². The fourth-order valence-electron chi connectivity index (χ4n) is 4.57. The van der Waals surface area contributed by atoms with Crippen LogP contribution in [0.5, 0.6) is 0 Å². The quantitative estimate of drug-likeness (QED) is 0.221. The fraction of sp³-hybridized carbons (Fsp3) is 0.704. The summed E-state index contributed by atoms with van der Waals surface area (Å²) in [5.41, 5.74) is 1.95. The first kappa shape index (κ1) is 32.9. The molecular weight excluding hydrogens is 484 g/mol. The number of carbonyl (C=O) groups is 2. The topological polar surface area (TPSA) is 163 Å². The molecule has 5 N–H and O–H groups in total. The van der Waals surface area contributed by atoms with Crippen molar-refractivity contribution in [2.75, 3.05) is 6.61 Å². The minimum atomic E-state index is -1.57. The molecule has 0 saturated carbocycles. The zero-order chi connectivity index (χ0) is 28.4. The zero-order valence-electron chi connectivity index (χ0n) is 22.8. The summed E-state index contributed by atoms with van der Waals surface area (Å²) in [6, 6.07) is 0. The highest BCUT2D eigenvalue weighted by atomic mass is 16.8. The Kier molecular flexibility index (Phi) is 13.7. The van der Waals surface area contributed by atoms with Crippen LogP contribution in [-0.4, -0.2) is 81.4 Å². The summed E-state index contributed by atoms with van der Waals surface area (Å²) in [4.78, 5) is 21.8. The van der Waals surface area contributed by atoms with E-state index in [4.69, 9.17) is 14.2 Å². The minimum absolute atomic E-state index is 0.0617. The van der Waals surface area contributed by atoms with E-state index >= 15 is 0 Å². The predicted octanol–water partition coefficient (Wildman–Crippen LogP) is 2.16. The van der Waals surface area contributed by atoms with Crippen LogP contribution in [-0.2, 0) is 23.8 Å². The van der Waals surface area contributed by atoms with Gasteiger partial charge in [-0.25, -0.2) is 4.79 Å². The number of hydrogen-bond acceptors (Lipinski definition) is 9. The smallest absolute Gasteiger partial charge is 0.335 e. The summed E-state index contributed by atoms with van der Waals surface area (Å²) in [6.45, 7) is 13.3. The first-order valence-corrected chi connectivity index (χ1v) is 12.6. The van der Waals surface area contributed by atoms with Crippen LogP contribution in [0.15, 0.2) is 35.1 Å². The van der Waals surface area contributed by atoms with Gasteiger partial charge in [-0.1, -0.05) is 45.4 Å². The third-order valence-electron chi connectivity index (χ3n) is 6.83. The summed E-state index contributed by atoms with van der Waals surface area (Å²) < 4.78 is 16.3. The highest BCUT2D eigenvalue weighted by Gasteiger charge is 2.46. The van der Waals surface area contributed by atoms with Crippen LogP contribution < -0.4 is 0 Å². The Morgan fingerprint density at radius 3 is 2.16 bits per heavy atom. The van der Waals surface area contributed by atoms with Crippen molar-refractivity contribution in [3.05, 3.63) is 35.1 Å². The molecule has 10 nitrogen and oxygen atoms in total. The van der Waals surface area contributed by atoms with Gasteiger partial charge in [0, 0.05) is 17.9 Å². The molecule has 0 amide bonds. The summed E-state index contributed by atoms with van der Waals surface area (Å²) in [5, 5.41) is 48.4. The number of aliphatic hydroxyl groups excluding tert-OH is 4. The summed E-state index contributed by atoms with van der Waals surface area (Å²) >= 11 is 0. The number of aliphatic carboxylic acids is 1. The second kappa shape index (κ2) is 15.4. The number of carboxylic acids is 1. The number of carbonyl (C=O) groups excluding carboxylic acids is 1. The van der Waals surface area contributed by atoms with E-state index in [2.05, 4.69) is 26.8 Å². The summed E-state index contributed by atoms with van der Waals surface area (Å²) in [6.07, 6.45) is -1.63. The van der Waals surface area contributed by atoms with Gasteiger partial charge in [0.25, 0.3) is 0 Å². The molecule has 212 valence electrons. The number of allylic oxidation sites excluding steroid dienone is 3. The standard InChI is InChI=1S/C17H26O9.C10H18O/c1-4-8-11(7(2)3)9(15(22)23)6-24-16(8)26-17-14(21)13(20)12(19)10(5-18)25-17;1-5-9(4)10(6-7-11)8(2)3/h4,6-7,10-14,16-21H,5H2,1-3H3,(H,22,23);5,7-8,10H,6H2,1-4H3/b8-4+;9-5-/t10-,11?,12-,13+,14-,16+,17+;/m1./s1. The lowest BCUT2D eigenvalue weighted by Gasteiger charge is -2.42. The number of aldehydes is 1. The SMILES string of the molecule is C/C=C(/C)C(CC=O)C(C)C.C/C=C1\C(C(C)C)C(C(=O)O)=CO[C@H]1O[C@@H]1O[C@H](CO)[C@@H](O)[C@H](O)[C@H]1O. The fourth-order valence-corrected chi connectivity index (χ4v) is 4.57. The molecule has 2 aliphatic heterocycles. The van der Waals surface area contributed by atoms with E-state index in [1.807, 2.05) is 20.8 Å². The molecule has 0 aromatic carbocycles. The lowest BCUT2D eigenvalue weighted by Crippen LogP contribution is -2.60. The molecule has 8 atom stereocenters. The Bertz CT molecular complexity index is 829. The molecule has 0 bridgehead atoms. The van der Waals surface area contributed by atoms with E-state index in [0.717, 1.165) is 12.5 Å². The van der Waals surface area contributed by atoms with Crippen LogP contribution in [0, 0.1) is 23.7 Å². The Hall–Kier alpha value is -2.08. The van der Waals surface area contributed by atoms with E-state index in [1.54, 1.807) is 13.0 Å². The first-order valence-electron chi connectivity index (χ1n) is 12.6. The summed E-state index contributed by atoms with van der Waals surface area (Å²) in [7, 11) is 0. The Morgan fingerprint density at radius 1 is 1.11 bits per heavy atom. The molecule has 2 aliphatic rings. The number of hydrogen-bond donors (Lipinski definition) is 5. The van der Waals surface area contributed by atoms with Crippen molar-refractivity contribution >= 4 is 12.3 Å². The second-order valence-electron chi connectivity index (χ2n) is 9.98. The molecule has 0 aliphatic carbocycles. The van der Waals surface area contributed by atoms with E-state index in [9.17, 15) is 35.1 Å². The monoisotopic (exact) mass is 528 g/mol. The lowest BCUT2D eigenvalue weighted by atomic mass is 9.80. The van der Waals surface area contributed by atoms with Crippen LogP contribution in [0.25, 0.3) is 0 Å². The van der Waals surface area contributed by atoms with Gasteiger partial charge in [-0.15, -0.1) is 0 Å². The molecule has 1 fully saturated rings. The molecule has 0 radical (unpaired) electrons. The lowest BCUT2D eigenvalue weighted by molar-refractivity contribution is -0.328. The van der Waals surface area contributed by atoms with Crippen LogP contribution in [0.2, 0.25) is 0 Å². The van der Waals surface area contributed by atoms with Gasteiger partial charge < -0.3 is 44.5 Å². The van der Waals surface area contributed by atoms with Crippen molar-refractivity contribution in [1.29, 1.82) is 0 Å². The second-order valence-corrected chi connectivity index (χ2v) is 9.98. The molecule has 0 aromatic heterocycles. The first-order chi connectivity index (χ1) is 17.4. The number of carboxylic acid groups (broad SMARTS) is 1. The highest BCUT2D eigenvalue weighted by molar-refractivity contribution is 5.88. The van der Waals surface area contributed by atoms with Gasteiger partial charge in [-0.05, 0) is 38.5 Å². The maximum Gasteiger partial charge on any atom is 0.335 e. The van der Waals surface area contributed by atoms with Gasteiger partial charge in [0.1, 0.15) is 30.7 Å². The predicted molar refractivity (Wildman–Crippen MR) is 136 cm³/mol. The normalized spacial score (nSPS) is 32.4. The minimum Gasteiger partial charge on any atom is -0.478 e. The average Bonchev–Trinajstić information content (AvgIpc) is 2.86. The maximum atomic E-state index is 11.5. The average molecular weight is 529 g/mol. The molecule has 0 spiro atoms. The molecule has 1 saturated heterocycles.